The molecule has 0 aliphatic rings. The number of halogens is 4. The van der Waals surface area contributed by atoms with Crippen LogP contribution in [0.1, 0.15) is 0 Å². The van der Waals surface area contributed by atoms with E-state index in [-0.39, 0.29) is 0 Å². The van der Waals surface area contributed by atoms with Gasteiger partial charge in [0.1, 0.15) is 44.1 Å². The molecule has 0 fully saturated rings. The minimum absolute atomic E-state index is 0.303. The van der Waals surface area contributed by atoms with Gasteiger partial charge in [-0.1, -0.05) is 121 Å². The summed E-state index contributed by atoms with van der Waals surface area (Å²) < 4.78 is 65.8. The van der Waals surface area contributed by atoms with Gasteiger partial charge in [0.05, 0.1) is 22.8 Å². The maximum atomic E-state index is 16.5. The fraction of sp³-hybridized carbons (Fsp3) is 0. The summed E-state index contributed by atoms with van der Waals surface area (Å²) in [6, 6.07) is 35.9. The number of rotatable bonds is 4. The molecule has 0 aliphatic heterocycles. The van der Waals surface area contributed by atoms with Crippen molar-refractivity contribution in [1.29, 1.82) is 0 Å². The highest BCUT2D eigenvalue weighted by molar-refractivity contribution is 6.02. The number of hydrogen-bond acceptors (Lipinski definition) is 6. The molecule has 0 unspecified atom stereocenters. The van der Waals surface area contributed by atoms with Gasteiger partial charge < -0.3 is 0 Å². The number of benzene rings is 6. The quantitative estimate of drug-likeness (QED) is 0.138. The first kappa shape index (κ1) is 29.5. The zero-order valence-electron chi connectivity index (χ0n) is 25.7. The van der Waals surface area contributed by atoms with Gasteiger partial charge in [0.15, 0.2) is 23.3 Å². The van der Waals surface area contributed by atoms with E-state index in [1.807, 2.05) is 24.3 Å². The van der Waals surface area contributed by atoms with E-state index in [1.165, 1.54) is 0 Å². The van der Waals surface area contributed by atoms with E-state index >= 15 is 17.6 Å². The second-order valence-corrected chi connectivity index (χ2v) is 11.6. The van der Waals surface area contributed by atoms with Crippen molar-refractivity contribution < 1.29 is 17.6 Å². The Morgan fingerprint density at radius 1 is 0.240 bits per heavy atom. The van der Waals surface area contributed by atoms with Crippen molar-refractivity contribution in [2.24, 2.45) is 0 Å². The third-order valence-electron chi connectivity index (χ3n) is 8.54. The third-order valence-corrected chi connectivity index (χ3v) is 8.54. The van der Waals surface area contributed by atoms with E-state index in [0.717, 1.165) is 0 Å². The van der Waals surface area contributed by atoms with Crippen molar-refractivity contribution in [2.45, 2.75) is 0 Å². The summed E-state index contributed by atoms with van der Waals surface area (Å²) >= 11 is 0. The van der Waals surface area contributed by atoms with Crippen LogP contribution in [-0.4, -0.2) is 29.9 Å². The van der Waals surface area contributed by atoms with Gasteiger partial charge in [0, 0.05) is 22.3 Å². The van der Waals surface area contributed by atoms with Gasteiger partial charge >= 0.3 is 0 Å². The summed E-state index contributed by atoms with van der Waals surface area (Å²) in [7, 11) is 0. The average Bonchev–Trinajstić information content (AvgIpc) is 3.19. The van der Waals surface area contributed by atoms with E-state index < -0.39 is 67.4 Å². The summed E-state index contributed by atoms with van der Waals surface area (Å²) in [5.41, 5.74) is -0.537. The Morgan fingerprint density at radius 2 is 0.420 bits per heavy atom. The van der Waals surface area contributed by atoms with Crippen molar-refractivity contribution in [3.8, 4) is 45.0 Å². The van der Waals surface area contributed by atoms with E-state index in [0.29, 0.717) is 45.0 Å². The zero-order chi connectivity index (χ0) is 33.9. The Kier molecular flexibility index (Phi) is 6.77. The number of hydrogen-bond donors (Lipinski definition) is 0. The van der Waals surface area contributed by atoms with Crippen LogP contribution in [0, 0.1) is 23.3 Å². The van der Waals surface area contributed by atoms with Crippen LogP contribution < -0.4 is 0 Å². The molecule has 0 N–H and O–H groups in total. The fourth-order valence-corrected chi connectivity index (χ4v) is 6.17. The van der Waals surface area contributed by atoms with Crippen LogP contribution in [0.3, 0.4) is 0 Å². The lowest BCUT2D eigenvalue weighted by molar-refractivity contribution is 0.618. The zero-order valence-corrected chi connectivity index (χ0v) is 25.7. The molecule has 0 radical (unpaired) electrons. The maximum absolute atomic E-state index is 16.5. The van der Waals surface area contributed by atoms with Gasteiger partial charge in [-0.2, -0.15) is 0 Å². The van der Waals surface area contributed by atoms with Crippen molar-refractivity contribution >= 4 is 44.1 Å². The molecule has 0 amide bonds. The van der Waals surface area contributed by atoms with E-state index in [1.54, 1.807) is 97.1 Å². The Bertz CT molecular complexity index is 2400. The lowest BCUT2D eigenvalue weighted by Crippen LogP contribution is -2.05. The topological polar surface area (TPSA) is 77.3 Å². The SMILES string of the molecule is Fc1c2nc(-c3ccccc3)c(-c3ccccc3)nc2c(F)c2nc3c(F)c4nc(-c5ccccc5)c(-c5ccccc5)nc4c(F)c3nc12. The number of nitrogens with zero attached hydrogens (tertiary/aromatic N) is 6. The highest BCUT2D eigenvalue weighted by Crippen LogP contribution is 2.38. The van der Waals surface area contributed by atoms with Crippen LogP contribution in [0.2, 0.25) is 0 Å². The monoisotopic (exact) mass is 660 g/mol. The highest BCUT2D eigenvalue weighted by Gasteiger charge is 2.27. The van der Waals surface area contributed by atoms with Crippen LogP contribution >= 0.6 is 0 Å². The molecule has 9 aromatic rings. The van der Waals surface area contributed by atoms with Crippen LogP contribution in [0.15, 0.2) is 121 Å². The molecule has 50 heavy (non-hydrogen) atoms. The third kappa shape index (κ3) is 4.56. The van der Waals surface area contributed by atoms with Gasteiger partial charge in [-0.3, -0.25) is 0 Å². The van der Waals surface area contributed by atoms with Crippen LogP contribution in [0.25, 0.3) is 89.2 Å². The second kappa shape index (κ2) is 11.5. The van der Waals surface area contributed by atoms with Gasteiger partial charge in [-0.15, -0.1) is 0 Å². The lowest BCUT2D eigenvalue weighted by Gasteiger charge is -2.14. The standard InChI is InChI=1S/C40H20F4N6/c41-25-33-34(46-30(22-15-7-2-8-16-22)29(45-33)21-13-5-1-6-14-21)26(42)38-37(25)49-39-27(43)35-36(28(44)40(39)50-38)48-32(24-19-11-4-12-20-24)31(47-35)23-17-9-3-10-18-23/h1-20H. The molecule has 10 heteroatoms. The van der Waals surface area contributed by atoms with Crippen molar-refractivity contribution in [3.05, 3.63) is 145 Å². The minimum Gasteiger partial charge on any atom is -0.241 e. The Morgan fingerprint density at radius 3 is 0.620 bits per heavy atom. The first-order valence-corrected chi connectivity index (χ1v) is 15.6. The smallest absolute Gasteiger partial charge is 0.179 e. The first-order valence-electron chi connectivity index (χ1n) is 15.6. The van der Waals surface area contributed by atoms with Gasteiger partial charge in [-0.05, 0) is 0 Å². The molecule has 3 aromatic heterocycles. The molecule has 0 bridgehead atoms. The summed E-state index contributed by atoms with van der Waals surface area (Å²) in [5.74, 6) is -4.31. The van der Waals surface area contributed by atoms with Crippen LogP contribution in [-0.2, 0) is 0 Å². The predicted octanol–water partition coefficient (Wildman–Crippen LogP) is 9.89. The molecular weight excluding hydrogens is 640 g/mol. The number of fused-ring (bicyclic) bond motifs is 4. The lowest BCUT2D eigenvalue weighted by atomic mass is 10.0. The first-order chi connectivity index (χ1) is 24.5. The molecular formula is C40H20F4N6. The summed E-state index contributed by atoms with van der Waals surface area (Å²) in [4.78, 5) is 26.5. The average molecular weight is 661 g/mol. The molecule has 0 spiro atoms. The van der Waals surface area contributed by atoms with E-state index in [2.05, 4.69) is 29.9 Å². The number of aromatic nitrogens is 6. The normalized spacial score (nSPS) is 11.6. The Labute approximate surface area is 280 Å². The van der Waals surface area contributed by atoms with Gasteiger partial charge in [0.25, 0.3) is 0 Å². The van der Waals surface area contributed by atoms with E-state index in [9.17, 15) is 0 Å². The molecule has 3 heterocycles. The molecule has 6 aromatic carbocycles. The van der Waals surface area contributed by atoms with Crippen LogP contribution in [0.4, 0.5) is 17.6 Å². The Hall–Kier alpha value is -6.68. The fourth-order valence-electron chi connectivity index (χ4n) is 6.17. The molecule has 0 saturated carbocycles. The largest absolute Gasteiger partial charge is 0.241 e. The molecule has 0 saturated heterocycles. The molecule has 6 nitrogen and oxygen atoms in total. The molecule has 0 atom stereocenters. The van der Waals surface area contributed by atoms with Crippen molar-refractivity contribution in [2.75, 3.05) is 0 Å². The molecule has 9 rings (SSSR count). The van der Waals surface area contributed by atoms with Gasteiger partial charge in [-0.25, -0.2) is 47.5 Å². The van der Waals surface area contributed by atoms with Gasteiger partial charge in [0.2, 0.25) is 0 Å². The summed E-state index contributed by atoms with van der Waals surface area (Å²) in [6.45, 7) is 0. The molecule has 238 valence electrons. The predicted molar refractivity (Wildman–Crippen MR) is 185 cm³/mol. The second-order valence-electron chi connectivity index (χ2n) is 11.6. The minimum atomic E-state index is -1.08. The summed E-state index contributed by atoms with van der Waals surface area (Å²) in [6.07, 6.45) is 0. The van der Waals surface area contributed by atoms with Crippen molar-refractivity contribution in [1.82, 2.24) is 29.9 Å². The van der Waals surface area contributed by atoms with E-state index in [4.69, 9.17) is 0 Å². The summed E-state index contributed by atoms with van der Waals surface area (Å²) in [5, 5.41) is 0. The Balaban J connectivity index is 1.36. The highest BCUT2D eigenvalue weighted by atomic mass is 19.1. The molecule has 0 aliphatic carbocycles. The van der Waals surface area contributed by atoms with Crippen LogP contribution in [0.5, 0.6) is 0 Å². The maximum Gasteiger partial charge on any atom is 0.179 e. The van der Waals surface area contributed by atoms with Crippen molar-refractivity contribution in [3.63, 3.8) is 0 Å².